The molecule has 0 aliphatic carbocycles. The smallest absolute Gasteiger partial charge is 0.0453 e. The first-order chi connectivity index (χ1) is 8.27. The summed E-state index contributed by atoms with van der Waals surface area (Å²) in [5, 5.41) is 4.30. The summed E-state index contributed by atoms with van der Waals surface area (Å²) in [5.41, 5.74) is 6.32. The van der Waals surface area contributed by atoms with Crippen molar-refractivity contribution < 1.29 is 0 Å². The fourth-order valence-electron chi connectivity index (χ4n) is 2.46. The molecule has 2 aromatic rings. The van der Waals surface area contributed by atoms with Crippen molar-refractivity contribution >= 4 is 17.3 Å². The summed E-state index contributed by atoms with van der Waals surface area (Å²) in [6.45, 7) is 3.11. The van der Waals surface area contributed by atoms with Gasteiger partial charge in [-0.1, -0.05) is 41.9 Å². The maximum Gasteiger partial charge on any atom is 0.0453 e. The van der Waals surface area contributed by atoms with Crippen LogP contribution in [0.3, 0.4) is 0 Å². The molecule has 1 aliphatic heterocycles. The van der Waals surface area contributed by atoms with Gasteiger partial charge in [-0.2, -0.15) is 0 Å². The molecule has 0 saturated heterocycles. The highest BCUT2D eigenvalue weighted by Gasteiger charge is 2.16. The molecule has 2 heteroatoms. The third-order valence-electron chi connectivity index (χ3n) is 3.40. The van der Waals surface area contributed by atoms with Crippen molar-refractivity contribution in [1.29, 1.82) is 0 Å². The first-order valence-corrected chi connectivity index (χ1v) is 6.26. The van der Waals surface area contributed by atoms with Crippen molar-refractivity contribution in [2.24, 2.45) is 0 Å². The molecule has 2 aromatic carbocycles. The van der Waals surface area contributed by atoms with Gasteiger partial charge in [0, 0.05) is 22.8 Å². The van der Waals surface area contributed by atoms with E-state index < -0.39 is 0 Å². The van der Waals surface area contributed by atoms with Crippen LogP contribution in [0.25, 0.3) is 11.1 Å². The van der Waals surface area contributed by atoms with Crippen molar-refractivity contribution in [3.05, 3.63) is 52.5 Å². The molecule has 1 N–H and O–H groups in total. The van der Waals surface area contributed by atoms with Gasteiger partial charge in [0.1, 0.15) is 0 Å². The zero-order chi connectivity index (χ0) is 11.8. The molecule has 0 fully saturated rings. The lowest BCUT2D eigenvalue weighted by molar-refractivity contribution is 1.11. The maximum atomic E-state index is 6.19. The van der Waals surface area contributed by atoms with Crippen LogP contribution in [0.5, 0.6) is 0 Å². The highest BCUT2D eigenvalue weighted by Crippen LogP contribution is 2.37. The van der Waals surface area contributed by atoms with Crippen molar-refractivity contribution in [1.82, 2.24) is 0 Å². The van der Waals surface area contributed by atoms with Crippen LogP contribution in [0.2, 0.25) is 5.02 Å². The molecular weight excluding hydrogens is 230 g/mol. The van der Waals surface area contributed by atoms with Gasteiger partial charge < -0.3 is 5.32 Å². The Morgan fingerprint density at radius 1 is 1.06 bits per heavy atom. The minimum atomic E-state index is 0.832. The predicted molar refractivity (Wildman–Crippen MR) is 73.8 cm³/mol. The quantitative estimate of drug-likeness (QED) is 0.788. The lowest BCUT2D eigenvalue weighted by Gasteiger charge is -2.12. The Kier molecular flexibility index (Phi) is 2.56. The summed E-state index contributed by atoms with van der Waals surface area (Å²) in [7, 11) is 0. The number of nitrogens with one attached hydrogen (secondary N) is 1. The molecule has 0 amide bonds. The Labute approximate surface area is 106 Å². The zero-order valence-electron chi connectivity index (χ0n) is 9.76. The topological polar surface area (TPSA) is 12.0 Å². The molecule has 0 bridgehead atoms. The second-order valence-electron chi connectivity index (χ2n) is 4.43. The van der Waals surface area contributed by atoms with Gasteiger partial charge in [-0.05, 0) is 36.1 Å². The van der Waals surface area contributed by atoms with Crippen LogP contribution in [-0.4, -0.2) is 6.54 Å². The van der Waals surface area contributed by atoms with Gasteiger partial charge in [-0.25, -0.2) is 0 Å². The van der Waals surface area contributed by atoms with Crippen molar-refractivity contribution in [2.75, 3.05) is 11.9 Å². The van der Waals surface area contributed by atoms with E-state index in [9.17, 15) is 0 Å². The fraction of sp³-hybridized carbons (Fsp3) is 0.200. The summed E-state index contributed by atoms with van der Waals surface area (Å²) in [6, 6.07) is 12.6. The largest absolute Gasteiger partial charge is 0.384 e. The van der Waals surface area contributed by atoms with E-state index in [1.54, 1.807) is 0 Å². The zero-order valence-corrected chi connectivity index (χ0v) is 10.5. The average Bonchev–Trinajstić information content (AvgIpc) is 2.81. The van der Waals surface area contributed by atoms with E-state index in [0.717, 1.165) is 23.6 Å². The highest BCUT2D eigenvalue weighted by molar-refractivity contribution is 6.31. The maximum absolute atomic E-state index is 6.19. The van der Waals surface area contributed by atoms with Crippen LogP contribution in [0.4, 0.5) is 5.69 Å². The molecule has 3 rings (SSSR count). The minimum absolute atomic E-state index is 0.832. The van der Waals surface area contributed by atoms with E-state index in [1.165, 1.54) is 22.4 Å². The Morgan fingerprint density at radius 2 is 1.82 bits per heavy atom. The molecule has 0 aromatic heterocycles. The average molecular weight is 244 g/mol. The Bertz CT molecular complexity index is 575. The summed E-state index contributed by atoms with van der Waals surface area (Å²) in [6.07, 6.45) is 1.11. The number of para-hydroxylation sites is 1. The van der Waals surface area contributed by atoms with Gasteiger partial charge in [0.15, 0.2) is 0 Å². The van der Waals surface area contributed by atoms with Crippen LogP contribution in [-0.2, 0) is 6.42 Å². The molecule has 0 unspecified atom stereocenters. The fourth-order valence-corrected chi connectivity index (χ4v) is 2.64. The van der Waals surface area contributed by atoms with Gasteiger partial charge in [-0.3, -0.25) is 0 Å². The van der Waals surface area contributed by atoms with E-state index >= 15 is 0 Å². The van der Waals surface area contributed by atoms with Gasteiger partial charge in [0.05, 0.1) is 0 Å². The molecule has 0 saturated carbocycles. The molecule has 1 aliphatic rings. The normalized spacial score (nSPS) is 13.3. The summed E-state index contributed by atoms with van der Waals surface area (Å²) in [4.78, 5) is 0. The van der Waals surface area contributed by atoms with Gasteiger partial charge in [0.25, 0.3) is 0 Å². The number of hydrogen-bond donors (Lipinski definition) is 1. The van der Waals surface area contributed by atoms with Crippen molar-refractivity contribution in [3.8, 4) is 11.1 Å². The minimum Gasteiger partial charge on any atom is -0.384 e. The molecule has 0 spiro atoms. The van der Waals surface area contributed by atoms with Crippen molar-refractivity contribution in [2.45, 2.75) is 13.3 Å². The standard InChI is InChI=1S/C15H14ClN/c1-10-12(5-3-7-14(10)16)13-6-2-4-11-8-9-17-15(11)13/h2-7,17H,8-9H2,1H3. The second kappa shape index (κ2) is 4.08. The van der Waals surface area contributed by atoms with Crippen LogP contribution < -0.4 is 5.32 Å². The highest BCUT2D eigenvalue weighted by atomic mass is 35.5. The number of benzene rings is 2. The summed E-state index contributed by atoms with van der Waals surface area (Å²) < 4.78 is 0. The Hall–Kier alpha value is -1.47. The van der Waals surface area contributed by atoms with E-state index in [1.807, 2.05) is 12.1 Å². The van der Waals surface area contributed by atoms with Crippen LogP contribution in [0.15, 0.2) is 36.4 Å². The van der Waals surface area contributed by atoms with E-state index in [4.69, 9.17) is 11.6 Å². The third-order valence-corrected chi connectivity index (χ3v) is 3.81. The summed E-state index contributed by atoms with van der Waals surface area (Å²) in [5.74, 6) is 0. The van der Waals surface area contributed by atoms with Crippen LogP contribution in [0, 0.1) is 6.92 Å². The molecule has 17 heavy (non-hydrogen) atoms. The Morgan fingerprint density at radius 3 is 2.71 bits per heavy atom. The number of fused-ring (bicyclic) bond motifs is 1. The third kappa shape index (κ3) is 1.71. The molecule has 1 nitrogen and oxygen atoms in total. The van der Waals surface area contributed by atoms with Gasteiger partial charge >= 0.3 is 0 Å². The number of rotatable bonds is 1. The molecule has 86 valence electrons. The molecular formula is C15H14ClN. The van der Waals surface area contributed by atoms with Crippen LogP contribution >= 0.6 is 11.6 Å². The summed E-state index contributed by atoms with van der Waals surface area (Å²) >= 11 is 6.19. The first-order valence-electron chi connectivity index (χ1n) is 5.88. The molecule has 0 atom stereocenters. The molecule has 1 heterocycles. The monoisotopic (exact) mass is 243 g/mol. The number of anilines is 1. The SMILES string of the molecule is Cc1c(Cl)cccc1-c1cccc2c1NCC2. The van der Waals surface area contributed by atoms with Crippen molar-refractivity contribution in [3.63, 3.8) is 0 Å². The van der Waals surface area contributed by atoms with E-state index in [0.29, 0.717) is 0 Å². The lowest BCUT2D eigenvalue weighted by atomic mass is 9.97. The number of halogens is 1. The Balaban J connectivity index is 2.23. The van der Waals surface area contributed by atoms with E-state index in [2.05, 4.69) is 36.5 Å². The van der Waals surface area contributed by atoms with E-state index in [-0.39, 0.29) is 0 Å². The lowest BCUT2D eigenvalue weighted by Crippen LogP contribution is -1.94. The second-order valence-corrected chi connectivity index (χ2v) is 4.84. The molecule has 0 radical (unpaired) electrons. The van der Waals surface area contributed by atoms with Gasteiger partial charge in [0.2, 0.25) is 0 Å². The van der Waals surface area contributed by atoms with Crippen LogP contribution in [0.1, 0.15) is 11.1 Å². The van der Waals surface area contributed by atoms with Gasteiger partial charge in [-0.15, -0.1) is 0 Å². The first kappa shape index (κ1) is 10.7. The predicted octanol–water partition coefficient (Wildman–Crippen LogP) is 4.28. The number of hydrogen-bond acceptors (Lipinski definition) is 1.